The molecule has 0 bridgehead atoms. The Kier molecular flexibility index (Phi) is 56.1. The number of carbonyl (C=O) groups is 4. The molecule has 480 valence electrons. The largest absolute Gasteiger partial charge is 1.00 e. The van der Waals surface area contributed by atoms with E-state index < -0.39 is 11.8 Å². The van der Waals surface area contributed by atoms with Gasteiger partial charge in [-0.3, -0.25) is 24.5 Å². The normalized spacial score (nSPS) is 10.8. The Bertz CT molecular complexity index is 3250. The van der Waals surface area contributed by atoms with E-state index in [0.29, 0.717) is 60.7 Å². The monoisotopic (exact) mass is 1610 g/mol. The van der Waals surface area contributed by atoms with Gasteiger partial charge in [0.05, 0.1) is 62.4 Å². The van der Waals surface area contributed by atoms with Crippen LogP contribution >= 0.6 is 75.3 Å². The number of imide groups is 1. The minimum absolute atomic E-state index is 0. The van der Waals surface area contributed by atoms with Gasteiger partial charge in [0, 0.05) is 71.6 Å². The molecule has 5 aromatic carbocycles. The third-order valence-electron chi connectivity index (χ3n) is 11.8. The minimum atomic E-state index is -0.411. The third-order valence-corrected chi connectivity index (χ3v) is 15.1. The SMILES string of the molecule is CN(C)CCCCl.CN(C)CCCOc1ccc(Br)c(C2=C(c3c[nH]c4ccccc34)C(=O)NC2=O)c1.CN(C)CCCOc1ccc(Br)c(CC#N)c1.CN(C)CCCOc1ccc(Br)c(CC(N)=O)c1.N#CCc1cc(O)ccc1Br.O=CO[O-].[H-].[K+].[K+].[K+].[OH-]. The summed E-state index contributed by atoms with van der Waals surface area (Å²) in [6.45, 7) is 5.78. The molecule has 0 atom stereocenters. The predicted molar refractivity (Wildman–Crippen MR) is 358 cm³/mol. The summed E-state index contributed by atoms with van der Waals surface area (Å²) >= 11 is 19.0. The van der Waals surface area contributed by atoms with Crippen LogP contribution in [-0.2, 0) is 43.3 Å². The number of phenolic OH excluding ortho intramolecular Hbond substituents is 1. The van der Waals surface area contributed by atoms with Crippen LogP contribution in [0.1, 0.15) is 54.9 Å². The van der Waals surface area contributed by atoms with Crippen LogP contribution in [0, 0.1) is 22.7 Å². The molecule has 0 fully saturated rings. The molecule has 1 aliphatic heterocycles. The number of primary amides is 1. The van der Waals surface area contributed by atoms with Crippen LogP contribution < -0.4 is 185 Å². The van der Waals surface area contributed by atoms with E-state index in [1.807, 2.05) is 141 Å². The predicted octanol–water partition coefficient (Wildman–Crippen LogP) is 1.26. The summed E-state index contributed by atoms with van der Waals surface area (Å²) in [7, 11) is 16.3. The number of hydrogen-bond donors (Lipinski definition) is 4. The van der Waals surface area contributed by atoms with Crippen LogP contribution in [0.3, 0.4) is 0 Å². The Hall–Kier alpha value is -1.48. The van der Waals surface area contributed by atoms with Crippen LogP contribution in [-0.4, -0.2) is 168 Å². The first-order valence-corrected chi connectivity index (χ1v) is 31.0. The summed E-state index contributed by atoms with van der Waals surface area (Å²) in [5, 5.41) is 37.9. The number of aromatic hydroxyl groups is 1. The van der Waals surface area contributed by atoms with Crippen molar-refractivity contribution in [1.82, 2.24) is 29.9 Å². The van der Waals surface area contributed by atoms with Gasteiger partial charge in [-0.25, -0.2) is 0 Å². The Balaban J connectivity index is -0.000000547. The number of rotatable bonds is 25. The quantitative estimate of drug-likeness (QED) is 0.0119. The molecule has 91 heavy (non-hydrogen) atoms. The maximum Gasteiger partial charge on any atom is 1.00 e. The first kappa shape index (κ1) is 93.7. The van der Waals surface area contributed by atoms with Crippen LogP contribution in [0.4, 0.5) is 0 Å². The number of halogens is 5. The molecule has 3 amide bonds. The minimum Gasteiger partial charge on any atom is -1.00 e. The zero-order valence-corrected chi connectivity index (χ0v) is 70.2. The number of fused-ring (bicyclic) bond motifs is 1. The Morgan fingerprint density at radius 2 is 1.02 bits per heavy atom. The molecular weight excluding hydrogens is 1530 g/mol. The zero-order valence-electron chi connectivity index (χ0n) is 54.7. The number of alkyl halides is 1. The Labute approximate surface area is 703 Å². The van der Waals surface area contributed by atoms with E-state index in [0.717, 1.165) is 115 Å². The number of aromatic amines is 1. The number of nitrogens with zero attached hydrogens (tertiary/aromatic N) is 6. The van der Waals surface area contributed by atoms with Gasteiger partial charge in [-0.2, -0.15) is 10.5 Å². The molecule has 0 unspecified atom stereocenters. The summed E-state index contributed by atoms with van der Waals surface area (Å²) < 4.78 is 20.6. The molecule has 0 aliphatic carbocycles. The van der Waals surface area contributed by atoms with Crippen LogP contribution in [0.5, 0.6) is 23.0 Å². The maximum atomic E-state index is 12.8. The molecule has 1 aromatic heterocycles. The van der Waals surface area contributed by atoms with Gasteiger partial charge >= 0.3 is 154 Å². The molecule has 1 aliphatic rings. The van der Waals surface area contributed by atoms with Crippen molar-refractivity contribution in [2.45, 2.75) is 44.9 Å². The Morgan fingerprint density at radius 1 is 0.626 bits per heavy atom. The molecule has 6 aromatic rings. The van der Waals surface area contributed by atoms with E-state index in [2.05, 4.69) is 105 Å². The number of benzene rings is 5. The summed E-state index contributed by atoms with van der Waals surface area (Å²) in [6, 6.07) is 33.6. The van der Waals surface area contributed by atoms with E-state index in [9.17, 15) is 14.4 Å². The van der Waals surface area contributed by atoms with E-state index in [1.165, 1.54) is 0 Å². The number of para-hydroxylation sites is 1. The van der Waals surface area contributed by atoms with E-state index in [1.54, 1.807) is 24.4 Å². The zero-order chi connectivity index (χ0) is 64.8. The van der Waals surface area contributed by atoms with Crippen LogP contribution in [0.2, 0.25) is 0 Å². The van der Waals surface area contributed by atoms with Gasteiger partial charge in [0.15, 0.2) is 0 Å². The average Bonchev–Trinajstić information content (AvgIpc) is 1.63. The van der Waals surface area contributed by atoms with Crippen molar-refractivity contribution in [1.29, 1.82) is 10.5 Å². The number of H-pyrrole nitrogens is 1. The fourth-order valence-corrected chi connectivity index (χ4v) is 9.45. The van der Waals surface area contributed by atoms with Crippen LogP contribution in [0.25, 0.3) is 22.0 Å². The molecule has 2 heterocycles. The van der Waals surface area contributed by atoms with Gasteiger partial charge < -0.3 is 66.7 Å². The van der Waals surface area contributed by atoms with Crippen molar-refractivity contribution < 1.29 is 210 Å². The number of ether oxygens (including phenoxy) is 3. The summed E-state index contributed by atoms with van der Waals surface area (Å²) in [5.41, 5.74) is 10.8. The first-order valence-electron chi connectivity index (χ1n) is 27.3. The summed E-state index contributed by atoms with van der Waals surface area (Å²) in [4.78, 5) is 59.3. The summed E-state index contributed by atoms with van der Waals surface area (Å²) in [5.74, 6) is 2.07. The van der Waals surface area contributed by atoms with Crippen molar-refractivity contribution >= 4 is 122 Å². The maximum absolute atomic E-state index is 12.8. The molecule has 7 rings (SSSR count). The van der Waals surface area contributed by atoms with Crippen LogP contribution in [0.15, 0.2) is 121 Å². The Morgan fingerprint density at radius 3 is 1.45 bits per heavy atom. The topological polar surface area (TPSA) is 293 Å². The van der Waals surface area contributed by atoms with Gasteiger partial charge in [-0.05, 0) is 184 Å². The van der Waals surface area contributed by atoms with Gasteiger partial charge in [-0.15, -0.1) is 11.6 Å². The number of phenols is 1. The fraction of sp³-hybridized carbons (Fsp3) is 0.365. The molecule has 0 saturated carbocycles. The number of aromatic nitrogens is 1. The van der Waals surface area contributed by atoms with Crippen molar-refractivity contribution in [2.75, 3.05) is 108 Å². The molecule has 0 spiro atoms. The average molecular weight is 1610 g/mol. The molecular formula is C63H79Br4ClK3N9O11. The van der Waals surface area contributed by atoms with E-state index in [-0.39, 0.29) is 186 Å². The van der Waals surface area contributed by atoms with Gasteiger partial charge in [0.2, 0.25) is 5.91 Å². The second kappa shape index (κ2) is 54.5. The van der Waals surface area contributed by atoms with Gasteiger partial charge in [0.25, 0.3) is 18.3 Å². The van der Waals surface area contributed by atoms with Gasteiger partial charge in [-0.1, -0.05) is 81.9 Å². The molecule has 20 nitrogen and oxygen atoms in total. The second-order valence-electron chi connectivity index (χ2n) is 20.1. The van der Waals surface area contributed by atoms with Crippen molar-refractivity contribution in [3.8, 4) is 35.1 Å². The van der Waals surface area contributed by atoms with E-state index in [4.69, 9.17) is 57.2 Å². The summed E-state index contributed by atoms with van der Waals surface area (Å²) in [6.07, 6.45) is 6.65. The van der Waals surface area contributed by atoms with E-state index >= 15 is 0 Å². The standard InChI is InChI=1S/C23H22BrN3O3.C13H19BrN2O2.C13H17BrN2O.C8H6BrNO.C5H12ClN.CH2O3.3K.H2O.H/c1-27(2)10-5-11-30-14-8-9-18(24)16(12-14)20-21(23(29)26-22(20)28)17-13-25-19-7-4-3-6-15(17)19;1-16(2)6-3-7-18-11-4-5-12(14)10(8-11)9-13(15)17;1-16(2)8-3-9-17-12-4-5-13(14)11(10-12)6-7-15;9-8-2-1-7(11)5-6(8)3-4-10;1-7(2)5-3-4-6;2-1-4-3;;;;;/h3-4,6-9,12-13,25H,5,10-11H2,1-2H3,(H,26,28,29);4-5,8H,3,6-7,9H2,1-2H3,(H2,15,17);4-5,10H,3,6,8-9H2,1-2H3;1-2,5,11H,3H2;3-5H2,1-2H3;1,3H;;;;1H2;/q;;;;;;3*+1;;-1/p-2. The number of carbonyl (C=O) groups excluding carboxylic acids is 4. The van der Waals surface area contributed by atoms with Crippen molar-refractivity contribution in [3.63, 3.8) is 0 Å². The fourth-order valence-electron chi connectivity index (χ4n) is 7.73. The molecule has 0 saturated heterocycles. The van der Waals surface area contributed by atoms with Crippen molar-refractivity contribution in [2.24, 2.45) is 5.73 Å². The number of amides is 3. The van der Waals surface area contributed by atoms with Gasteiger partial charge in [0.1, 0.15) is 23.0 Å². The number of nitriles is 2. The third kappa shape index (κ3) is 38.9. The number of nitrogens with one attached hydrogen (secondary N) is 2. The molecule has 0 radical (unpaired) electrons. The second-order valence-corrected chi connectivity index (χ2v) is 23.9. The smallest absolute Gasteiger partial charge is 1.00 e. The molecule has 28 heteroatoms. The number of nitrogens with two attached hydrogens (primary N) is 1. The molecule has 6 N–H and O–H groups in total. The van der Waals surface area contributed by atoms with Crippen molar-refractivity contribution in [3.05, 3.63) is 149 Å². The first-order chi connectivity index (χ1) is 41.5. The number of hydrogen-bond acceptors (Lipinski definition) is 17.